The van der Waals surface area contributed by atoms with Crippen LogP contribution in [0, 0.1) is 13.8 Å². The molecule has 0 saturated heterocycles. The van der Waals surface area contributed by atoms with Gasteiger partial charge in [0.05, 0.1) is 29.5 Å². The number of likely N-dealkylation sites (N-methyl/N-ethyl adjacent to an activating group) is 1. The number of hydrazine groups is 1. The summed E-state index contributed by atoms with van der Waals surface area (Å²) >= 11 is 0. The lowest BCUT2D eigenvalue weighted by Gasteiger charge is -2.14. The molecule has 0 radical (unpaired) electrons. The number of carbonyl (C=O) groups is 4. The summed E-state index contributed by atoms with van der Waals surface area (Å²) in [5.74, 6) is 4.58. The van der Waals surface area contributed by atoms with Crippen molar-refractivity contribution in [1.29, 1.82) is 0 Å². The minimum absolute atomic E-state index is 0.0779. The van der Waals surface area contributed by atoms with Crippen LogP contribution in [-0.4, -0.2) is 101 Å². The zero-order valence-electron chi connectivity index (χ0n) is 37.8. The Morgan fingerprint density at radius 1 is 0.727 bits per heavy atom. The molecule has 0 unspecified atom stereocenters. The number of rotatable bonds is 22. The van der Waals surface area contributed by atoms with Gasteiger partial charge in [-0.1, -0.05) is 24.3 Å². The average Bonchev–Trinajstić information content (AvgIpc) is 4.05. The number of anilines is 2. The first kappa shape index (κ1) is 47.5. The van der Waals surface area contributed by atoms with Crippen LogP contribution >= 0.6 is 0 Å². The number of aryl methyl sites for hydroxylation is 4. The number of nitrogens with two attached hydrogens (primary N) is 4. The number of primary amides is 2. The normalized spacial score (nSPS) is 11.9. The monoisotopic (exact) mass is 904 g/mol. The van der Waals surface area contributed by atoms with Crippen molar-refractivity contribution < 1.29 is 28.7 Å². The van der Waals surface area contributed by atoms with E-state index in [1.807, 2.05) is 39.1 Å². The lowest BCUT2D eigenvalue weighted by Crippen LogP contribution is -2.32. The van der Waals surface area contributed by atoms with Gasteiger partial charge in [-0.2, -0.15) is 10.2 Å². The maximum absolute atomic E-state index is 13.8. The average molecular weight is 905 g/mol. The van der Waals surface area contributed by atoms with Crippen LogP contribution in [0.5, 0.6) is 11.5 Å². The van der Waals surface area contributed by atoms with Crippen molar-refractivity contribution >= 4 is 57.6 Å². The molecule has 4 aromatic heterocycles. The molecule has 0 bridgehead atoms. The number of allylic oxidation sites excluding steroid dienone is 3. The van der Waals surface area contributed by atoms with E-state index in [4.69, 9.17) is 42.5 Å². The molecule has 66 heavy (non-hydrogen) atoms. The van der Waals surface area contributed by atoms with E-state index in [9.17, 15) is 19.2 Å². The predicted molar refractivity (Wildman–Crippen MR) is 250 cm³/mol. The maximum atomic E-state index is 13.8. The summed E-state index contributed by atoms with van der Waals surface area (Å²) in [5.41, 5.74) is 22.0. The number of hydrogen-bond donors (Lipinski definition) is 7. The van der Waals surface area contributed by atoms with Crippen LogP contribution in [0.4, 0.5) is 11.9 Å². The fourth-order valence-corrected chi connectivity index (χ4v) is 7.18. The highest BCUT2D eigenvalue weighted by Gasteiger charge is 2.23. The summed E-state index contributed by atoms with van der Waals surface area (Å²) in [6.07, 6.45) is 9.32. The largest absolute Gasteiger partial charge is 0.494 e. The van der Waals surface area contributed by atoms with E-state index >= 15 is 0 Å². The quantitative estimate of drug-likeness (QED) is 0.0293. The minimum Gasteiger partial charge on any atom is -0.494 e. The third-order valence-corrected chi connectivity index (χ3v) is 10.3. The van der Waals surface area contributed by atoms with Crippen LogP contribution in [0.2, 0.25) is 0 Å². The number of hydrogen-bond acceptors (Lipinski definition) is 14. The number of nitrogens with one attached hydrogen (secondary N) is 3. The molecular formula is C44H56N16O6. The molecule has 0 fully saturated rings. The van der Waals surface area contributed by atoms with Gasteiger partial charge in [-0.25, -0.2) is 15.8 Å². The molecule has 0 aliphatic carbocycles. The molecular weight excluding hydrogens is 849 g/mol. The number of carbonyl (C=O) groups excluding carboxylic acids is 4. The highest BCUT2D eigenvalue weighted by molar-refractivity contribution is 6.05. The van der Waals surface area contributed by atoms with E-state index in [1.54, 1.807) is 56.8 Å². The molecule has 0 atom stereocenters. The van der Waals surface area contributed by atoms with Gasteiger partial charge in [0.15, 0.2) is 0 Å². The second-order valence-corrected chi connectivity index (χ2v) is 15.1. The fourth-order valence-electron chi connectivity index (χ4n) is 7.18. The van der Waals surface area contributed by atoms with E-state index in [-0.39, 0.29) is 48.5 Å². The van der Waals surface area contributed by atoms with Crippen molar-refractivity contribution in [2.45, 2.75) is 60.3 Å². The van der Waals surface area contributed by atoms with Crippen LogP contribution in [-0.2, 0) is 26.2 Å². The number of methoxy groups -OCH3 is 1. The van der Waals surface area contributed by atoms with Gasteiger partial charge in [0, 0.05) is 68.7 Å². The highest BCUT2D eigenvalue weighted by atomic mass is 16.5. The van der Waals surface area contributed by atoms with Crippen molar-refractivity contribution in [2.24, 2.45) is 23.0 Å². The van der Waals surface area contributed by atoms with E-state index in [0.717, 1.165) is 0 Å². The summed E-state index contributed by atoms with van der Waals surface area (Å²) in [6, 6.07) is 9.44. The zero-order valence-corrected chi connectivity index (χ0v) is 37.8. The highest BCUT2D eigenvalue weighted by Crippen LogP contribution is 2.33. The van der Waals surface area contributed by atoms with Crippen LogP contribution < -0.4 is 48.5 Å². The maximum Gasteiger partial charge on any atom is 0.276 e. The Labute approximate surface area is 380 Å². The Morgan fingerprint density at radius 2 is 1.23 bits per heavy atom. The van der Waals surface area contributed by atoms with Crippen molar-refractivity contribution in [1.82, 2.24) is 49.0 Å². The zero-order chi connectivity index (χ0) is 47.7. The minimum atomic E-state index is -0.703. The van der Waals surface area contributed by atoms with Gasteiger partial charge in [-0.15, -0.1) is 0 Å². The lowest BCUT2D eigenvalue weighted by atomic mass is 10.1. The van der Waals surface area contributed by atoms with Gasteiger partial charge in [0.1, 0.15) is 40.5 Å². The first-order chi connectivity index (χ1) is 31.6. The SMILES string of the molecule is CCn1nc(C)cc1C(=O)Nc1nc2cc(C(N)=O)cc(OC)c2n1C/C=C/Cn1c(NC(=O)c2cc(C)nn2CC)nc2cc(C(N)=O)cc(OC/C=C/C/C(N)=C/N(N)CCNC)c21. The van der Waals surface area contributed by atoms with E-state index < -0.39 is 23.6 Å². The second-order valence-electron chi connectivity index (χ2n) is 15.1. The molecule has 11 N–H and O–H groups in total. The third kappa shape index (κ3) is 10.8. The standard InChI is InChI=1S/C44H56N16O6/c1-7-59-33(19-26(3)54-59)41(63)52-43-50-31-21-28(39(46)61)23-35(65-6)37(31)57(43)15-10-11-16-58-38-32(51-44(58)53-42(64)34-20-27(4)55-60(34)8-2)22-29(40(47)62)24-36(38)66-18-12-9-13-30(45)25-56(48)17-14-49-5/h9-12,19-25,49H,7-8,13-18,45,48H2,1-6H3,(H2,46,61)(H2,47,62)(H,50,52,63)(H,51,53,64)/b11-10+,12-9+,30-25-. The Bertz CT molecular complexity index is 2860. The van der Waals surface area contributed by atoms with E-state index in [2.05, 4.69) is 26.1 Å². The molecule has 2 aromatic carbocycles. The number of nitrogens with zero attached hydrogens (tertiary/aromatic N) is 9. The molecule has 6 aromatic rings. The number of aromatic nitrogens is 8. The molecule has 22 heteroatoms. The Morgan fingerprint density at radius 3 is 1.70 bits per heavy atom. The molecule has 348 valence electrons. The molecule has 0 aliphatic rings. The molecule has 6 rings (SSSR count). The van der Waals surface area contributed by atoms with Gasteiger partial charge < -0.3 is 46.1 Å². The smallest absolute Gasteiger partial charge is 0.276 e. The topological polar surface area (TPSA) is 301 Å². The number of benzene rings is 2. The van der Waals surface area contributed by atoms with Gasteiger partial charge in [-0.05, 0) is 71.1 Å². The van der Waals surface area contributed by atoms with Crippen LogP contribution in [0.25, 0.3) is 22.1 Å². The van der Waals surface area contributed by atoms with Crippen molar-refractivity contribution in [2.75, 3.05) is 44.5 Å². The fraction of sp³-hybridized carbons (Fsp3) is 0.318. The first-order valence-corrected chi connectivity index (χ1v) is 21.1. The lowest BCUT2D eigenvalue weighted by molar-refractivity contribution is 0.0991. The van der Waals surface area contributed by atoms with Gasteiger partial charge in [0.25, 0.3) is 11.8 Å². The second kappa shape index (κ2) is 21.1. The first-order valence-electron chi connectivity index (χ1n) is 21.1. The van der Waals surface area contributed by atoms with Gasteiger partial charge >= 0.3 is 0 Å². The number of fused-ring (bicyclic) bond motifs is 2. The molecule has 0 spiro atoms. The van der Waals surface area contributed by atoms with E-state index in [1.165, 1.54) is 36.4 Å². The Hall–Kier alpha value is -7.98. The summed E-state index contributed by atoms with van der Waals surface area (Å²) in [6.45, 7) is 9.87. The Kier molecular flexibility index (Phi) is 15.2. The number of ether oxygens (including phenoxy) is 2. The third-order valence-electron chi connectivity index (χ3n) is 10.3. The summed E-state index contributed by atoms with van der Waals surface area (Å²) in [4.78, 5) is 61.8. The summed E-state index contributed by atoms with van der Waals surface area (Å²) < 4.78 is 18.6. The van der Waals surface area contributed by atoms with Crippen molar-refractivity contribution in [3.05, 3.63) is 107 Å². The van der Waals surface area contributed by atoms with Gasteiger partial charge in [0.2, 0.25) is 23.7 Å². The number of imidazole rings is 2. The predicted octanol–water partition coefficient (Wildman–Crippen LogP) is 2.92. The molecule has 4 heterocycles. The van der Waals surface area contributed by atoms with Crippen LogP contribution in [0.1, 0.15) is 73.3 Å². The van der Waals surface area contributed by atoms with Crippen LogP contribution in [0.15, 0.2) is 72.6 Å². The molecule has 0 aliphatic heterocycles. The number of amides is 4. The van der Waals surface area contributed by atoms with Crippen molar-refractivity contribution in [3.8, 4) is 11.5 Å². The molecule has 4 amide bonds. The molecule has 22 nitrogen and oxygen atoms in total. The van der Waals surface area contributed by atoms with Gasteiger partial charge in [-0.3, -0.25) is 39.2 Å². The van der Waals surface area contributed by atoms with Crippen molar-refractivity contribution in [3.63, 3.8) is 0 Å². The Balaban J connectivity index is 1.37. The summed E-state index contributed by atoms with van der Waals surface area (Å²) in [5, 5.41) is 19.2. The molecule has 0 saturated carbocycles. The summed E-state index contributed by atoms with van der Waals surface area (Å²) in [7, 11) is 3.29. The van der Waals surface area contributed by atoms with E-state index in [0.29, 0.717) is 88.9 Å². The van der Waals surface area contributed by atoms with Crippen LogP contribution in [0.3, 0.4) is 0 Å².